The van der Waals surface area contributed by atoms with Gasteiger partial charge < -0.3 is 5.32 Å². The molecule has 0 radical (unpaired) electrons. The normalized spacial score (nSPS) is 20.2. The lowest BCUT2D eigenvalue weighted by atomic mass is 9.87. The molecule has 30 heavy (non-hydrogen) atoms. The molecule has 2 unspecified atom stereocenters. The van der Waals surface area contributed by atoms with Gasteiger partial charge in [0.15, 0.2) is 15.7 Å². The number of benzene rings is 1. The van der Waals surface area contributed by atoms with Gasteiger partial charge >= 0.3 is 0 Å². The number of aryl methyl sites for hydroxylation is 1. The molecular formula is C22H25N3O4S. The third kappa shape index (κ3) is 4.59. The van der Waals surface area contributed by atoms with Crippen LogP contribution in [0.25, 0.3) is 0 Å². The van der Waals surface area contributed by atoms with Crippen molar-refractivity contribution in [1.82, 2.24) is 9.97 Å². The van der Waals surface area contributed by atoms with Crippen LogP contribution in [0.3, 0.4) is 0 Å². The summed E-state index contributed by atoms with van der Waals surface area (Å²) in [4.78, 5) is 33.4. The summed E-state index contributed by atoms with van der Waals surface area (Å²) in [6, 6.07) is 6.62. The van der Waals surface area contributed by atoms with Crippen LogP contribution in [0.5, 0.6) is 0 Å². The average Bonchev–Trinajstić information content (AvgIpc) is 3.51. The smallest absolute Gasteiger partial charge is 0.233 e. The van der Waals surface area contributed by atoms with Crippen LogP contribution in [0.4, 0.5) is 5.82 Å². The van der Waals surface area contributed by atoms with Gasteiger partial charge in [0.25, 0.3) is 0 Å². The molecule has 4 rings (SSSR count). The van der Waals surface area contributed by atoms with E-state index < -0.39 is 15.8 Å². The van der Waals surface area contributed by atoms with Gasteiger partial charge in [-0.1, -0.05) is 12.1 Å². The highest BCUT2D eigenvalue weighted by Crippen LogP contribution is 2.36. The number of nitrogens with zero attached hydrogens (tertiary/aromatic N) is 2. The molecule has 2 aliphatic rings. The van der Waals surface area contributed by atoms with E-state index in [1.807, 2.05) is 6.92 Å². The number of hydrogen-bond acceptors (Lipinski definition) is 6. The number of carbonyl (C=O) groups is 2. The van der Waals surface area contributed by atoms with Crippen molar-refractivity contribution in [3.63, 3.8) is 0 Å². The first-order valence-corrected chi connectivity index (χ1v) is 11.8. The molecule has 158 valence electrons. The molecule has 2 atom stereocenters. The maximum atomic E-state index is 13.1. The number of ketones is 1. The van der Waals surface area contributed by atoms with Crippen molar-refractivity contribution in [2.75, 3.05) is 5.32 Å². The molecule has 1 aromatic carbocycles. The average molecular weight is 428 g/mol. The second-order valence-corrected chi connectivity index (χ2v) is 10.5. The van der Waals surface area contributed by atoms with Gasteiger partial charge in [-0.2, -0.15) is 0 Å². The lowest BCUT2D eigenvalue weighted by Crippen LogP contribution is -2.24. The fourth-order valence-corrected chi connectivity index (χ4v) is 5.61. The number of aromatic nitrogens is 2. The van der Waals surface area contributed by atoms with Crippen LogP contribution in [-0.4, -0.2) is 35.3 Å². The van der Waals surface area contributed by atoms with Gasteiger partial charge in [-0.25, -0.2) is 13.4 Å². The summed E-state index contributed by atoms with van der Waals surface area (Å²) in [5, 5.41) is 2.54. The van der Waals surface area contributed by atoms with Crippen LogP contribution in [0.1, 0.15) is 55.7 Å². The van der Waals surface area contributed by atoms with Crippen molar-refractivity contribution in [3.05, 3.63) is 47.9 Å². The van der Waals surface area contributed by atoms with E-state index in [0.29, 0.717) is 42.8 Å². The van der Waals surface area contributed by atoms with Crippen LogP contribution >= 0.6 is 0 Å². The summed E-state index contributed by atoms with van der Waals surface area (Å²) in [5.74, 6) is 0.0136. The molecule has 1 N–H and O–H groups in total. The van der Waals surface area contributed by atoms with Gasteiger partial charge in [-0.15, -0.1) is 0 Å². The molecule has 8 heteroatoms. The minimum Gasteiger partial charge on any atom is -0.309 e. The Bertz CT molecular complexity index is 1040. The van der Waals surface area contributed by atoms with Crippen LogP contribution in [0, 0.1) is 12.8 Å². The van der Waals surface area contributed by atoms with E-state index in [0.717, 1.165) is 17.7 Å². The molecule has 0 bridgehead atoms. The number of nitrogens with one attached hydrogen (secondary N) is 1. The molecule has 1 aromatic heterocycles. The Balaban J connectivity index is 1.56. The Morgan fingerprint density at radius 1 is 1.13 bits per heavy atom. The zero-order chi connectivity index (χ0) is 21.3. The summed E-state index contributed by atoms with van der Waals surface area (Å²) in [6.45, 7) is 1.82. The zero-order valence-corrected chi connectivity index (χ0v) is 17.7. The highest BCUT2D eigenvalue weighted by Gasteiger charge is 2.37. The van der Waals surface area contributed by atoms with E-state index in [-0.39, 0.29) is 22.9 Å². The second kappa shape index (κ2) is 8.26. The Kier molecular flexibility index (Phi) is 5.69. The topological polar surface area (TPSA) is 106 Å². The summed E-state index contributed by atoms with van der Waals surface area (Å²) in [6.07, 6.45) is 6.87. The predicted octanol–water partition coefficient (Wildman–Crippen LogP) is 3.20. The van der Waals surface area contributed by atoms with Gasteiger partial charge in [-0.05, 0) is 56.2 Å². The fourth-order valence-electron chi connectivity index (χ4n) is 3.95. The number of rotatable bonds is 7. The highest BCUT2D eigenvalue weighted by molar-refractivity contribution is 7.92. The molecule has 2 aliphatic carbocycles. The molecule has 7 nitrogen and oxygen atoms in total. The monoisotopic (exact) mass is 427 g/mol. The maximum absolute atomic E-state index is 13.1. The second-order valence-electron chi connectivity index (χ2n) is 8.28. The van der Waals surface area contributed by atoms with E-state index in [4.69, 9.17) is 0 Å². The van der Waals surface area contributed by atoms with E-state index in [2.05, 4.69) is 15.3 Å². The lowest BCUT2D eigenvalue weighted by Gasteiger charge is -2.20. The molecule has 2 fully saturated rings. The summed E-state index contributed by atoms with van der Waals surface area (Å²) < 4.78 is 24.9. The first-order chi connectivity index (χ1) is 14.3. The SMILES string of the molecule is Cc1cnc(NC(=O)C(CC2CCC(=O)C2)c2ccc(S(=O)(=O)C3CC3)cc2)cn1. The molecule has 1 heterocycles. The van der Waals surface area contributed by atoms with Crippen LogP contribution in [0.2, 0.25) is 0 Å². The molecular weight excluding hydrogens is 402 g/mol. The third-order valence-corrected chi connectivity index (χ3v) is 8.12. The number of carbonyl (C=O) groups excluding carboxylic acids is 2. The maximum Gasteiger partial charge on any atom is 0.233 e. The van der Waals surface area contributed by atoms with Crippen molar-refractivity contribution in [1.29, 1.82) is 0 Å². The fraction of sp³-hybridized carbons (Fsp3) is 0.455. The van der Waals surface area contributed by atoms with Crippen molar-refractivity contribution < 1.29 is 18.0 Å². The van der Waals surface area contributed by atoms with Gasteiger partial charge in [0.2, 0.25) is 5.91 Å². The molecule has 1 amide bonds. The van der Waals surface area contributed by atoms with Crippen molar-refractivity contribution in [2.24, 2.45) is 5.92 Å². The van der Waals surface area contributed by atoms with E-state index in [1.165, 1.54) is 6.20 Å². The minimum atomic E-state index is -3.27. The van der Waals surface area contributed by atoms with Crippen LogP contribution < -0.4 is 5.32 Å². The Morgan fingerprint density at radius 3 is 2.43 bits per heavy atom. The largest absolute Gasteiger partial charge is 0.309 e. The number of amides is 1. The first kappa shape index (κ1) is 20.7. The summed E-state index contributed by atoms with van der Waals surface area (Å²) in [5.41, 5.74) is 1.49. The molecule has 2 aromatic rings. The first-order valence-electron chi connectivity index (χ1n) is 10.3. The lowest BCUT2D eigenvalue weighted by molar-refractivity contribution is -0.119. The Hall–Kier alpha value is -2.61. The molecule has 0 aliphatic heterocycles. The van der Waals surface area contributed by atoms with Crippen molar-refractivity contribution in [2.45, 2.75) is 61.5 Å². The Labute approximate surface area is 176 Å². The third-order valence-electron chi connectivity index (χ3n) is 5.84. The van der Waals surface area contributed by atoms with Crippen molar-refractivity contribution in [3.8, 4) is 0 Å². The highest BCUT2D eigenvalue weighted by atomic mass is 32.2. The summed E-state index contributed by atoms with van der Waals surface area (Å²) >= 11 is 0. The van der Waals surface area contributed by atoms with Crippen LogP contribution in [-0.2, 0) is 19.4 Å². The number of sulfone groups is 1. The zero-order valence-electron chi connectivity index (χ0n) is 16.9. The van der Waals surface area contributed by atoms with Crippen LogP contribution in [0.15, 0.2) is 41.6 Å². The molecule has 2 saturated carbocycles. The van der Waals surface area contributed by atoms with E-state index in [1.54, 1.807) is 30.5 Å². The quantitative estimate of drug-likeness (QED) is 0.727. The van der Waals surface area contributed by atoms with Crippen molar-refractivity contribution >= 4 is 27.3 Å². The Morgan fingerprint density at radius 2 is 1.87 bits per heavy atom. The number of Topliss-reactive ketones (excluding diaryl/α,β-unsaturated/α-hetero) is 1. The predicted molar refractivity (Wildman–Crippen MR) is 112 cm³/mol. The minimum absolute atomic E-state index is 0.146. The van der Waals surface area contributed by atoms with Gasteiger partial charge in [0, 0.05) is 12.8 Å². The number of anilines is 1. The van der Waals surface area contributed by atoms with Gasteiger partial charge in [0.05, 0.1) is 34.2 Å². The summed E-state index contributed by atoms with van der Waals surface area (Å²) in [7, 11) is -3.27. The van der Waals surface area contributed by atoms with Gasteiger partial charge in [-0.3, -0.25) is 14.6 Å². The standard InChI is InChI=1S/C22H25N3O4S/c1-14-12-24-21(13-23-14)25-22(27)20(11-15-2-5-17(26)10-15)16-3-6-18(7-4-16)30(28,29)19-8-9-19/h3-4,6-7,12-13,15,19-20H,2,5,8-11H2,1H3,(H,24,25,27). The van der Waals surface area contributed by atoms with Gasteiger partial charge in [0.1, 0.15) is 5.78 Å². The van der Waals surface area contributed by atoms with E-state index in [9.17, 15) is 18.0 Å². The van der Waals surface area contributed by atoms with E-state index >= 15 is 0 Å². The molecule has 0 spiro atoms. The number of hydrogen-bond donors (Lipinski definition) is 1. The molecule has 0 saturated heterocycles.